The summed E-state index contributed by atoms with van der Waals surface area (Å²) in [4.78, 5) is 53.6. The molecule has 1 fully saturated rings. The Morgan fingerprint density at radius 1 is 1.05 bits per heavy atom. The average molecular weight is 552 g/mol. The van der Waals surface area contributed by atoms with Crippen LogP contribution in [0.2, 0.25) is 0 Å². The molecule has 4 rings (SSSR count). The highest BCUT2D eigenvalue weighted by Crippen LogP contribution is 2.36. The highest BCUT2D eigenvalue weighted by atomic mass is 16.7. The summed E-state index contributed by atoms with van der Waals surface area (Å²) in [5.74, 6) is -0.593. The SMILES string of the molecule is CCCC[C@H](NC(=O)O[C@H]1CN(C(=O)c2ccc3c(c2)OCO3)CC1(C)C)C(=O)C(=O)N[C@H](C)c1ccccc1. The Morgan fingerprint density at radius 3 is 2.50 bits per heavy atom. The smallest absolute Gasteiger partial charge is 0.408 e. The quantitative estimate of drug-likeness (QED) is 0.428. The lowest BCUT2D eigenvalue weighted by atomic mass is 9.90. The number of hydrogen-bond acceptors (Lipinski definition) is 7. The first-order valence-electron chi connectivity index (χ1n) is 13.6. The molecule has 0 unspecified atom stereocenters. The van der Waals surface area contributed by atoms with Crippen molar-refractivity contribution in [3.05, 3.63) is 59.7 Å². The summed E-state index contributed by atoms with van der Waals surface area (Å²) in [7, 11) is 0. The number of rotatable bonds is 10. The van der Waals surface area contributed by atoms with Crippen LogP contribution in [0.1, 0.15) is 68.9 Å². The largest absolute Gasteiger partial charge is 0.454 e. The molecule has 2 N–H and O–H groups in total. The number of Topliss-reactive ketones (excluding diaryl/α,β-unsaturated/α-hetero) is 1. The van der Waals surface area contributed by atoms with E-state index in [1.807, 2.05) is 51.1 Å². The minimum absolute atomic E-state index is 0.115. The van der Waals surface area contributed by atoms with Crippen LogP contribution >= 0.6 is 0 Å². The molecule has 2 aromatic rings. The minimum Gasteiger partial charge on any atom is -0.454 e. The number of carbonyl (C=O) groups excluding carboxylic acids is 4. The van der Waals surface area contributed by atoms with Crippen molar-refractivity contribution in [1.82, 2.24) is 15.5 Å². The fourth-order valence-electron chi connectivity index (χ4n) is 4.90. The zero-order valence-corrected chi connectivity index (χ0v) is 23.4. The first-order valence-corrected chi connectivity index (χ1v) is 13.6. The van der Waals surface area contributed by atoms with Gasteiger partial charge >= 0.3 is 6.09 Å². The molecular formula is C30H37N3O7. The topological polar surface area (TPSA) is 123 Å². The number of nitrogens with one attached hydrogen (secondary N) is 2. The second-order valence-electron chi connectivity index (χ2n) is 10.9. The van der Waals surface area contributed by atoms with Gasteiger partial charge in [0.15, 0.2) is 11.5 Å². The van der Waals surface area contributed by atoms with Crippen molar-refractivity contribution in [3.63, 3.8) is 0 Å². The van der Waals surface area contributed by atoms with Gasteiger partial charge < -0.3 is 29.7 Å². The molecule has 10 nitrogen and oxygen atoms in total. The summed E-state index contributed by atoms with van der Waals surface area (Å²) in [6.45, 7) is 8.26. The number of hydrogen-bond donors (Lipinski definition) is 2. The first kappa shape index (κ1) is 28.9. The number of amides is 3. The molecule has 10 heteroatoms. The van der Waals surface area contributed by atoms with Gasteiger partial charge in [0.05, 0.1) is 12.6 Å². The number of carbonyl (C=O) groups is 4. The molecule has 0 aromatic heterocycles. The molecule has 0 bridgehead atoms. The van der Waals surface area contributed by atoms with Crippen molar-refractivity contribution < 1.29 is 33.4 Å². The Hall–Kier alpha value is -4.08. The number of unbranched alkanes of at least 4 members (excludes halogenated alkanes) is 1. The van der Waals surface area contributed by atoms with E-state index in [4.69, 9.17) is 14.2 Å². The fourth-order valence-corrected chi connectivity index (χ4v) is 4.90. The van der Waals surface area contributed by atoms with E-state index in [1.165, 1.54) is 0 Å². The summed E-state index contributed by atoms with van der Waals surface area (Å²) >= 11 is 0. The number of benzene rings is 2. The van der Waals surface area contributed by atoms with Gasteiger partial charge in [0.25, 0.3) is 11.8 Å². The maximum absolute atomic E-state index is 13.2. The van der Waals surface area contributed by atoms with Crippen LogP contribution < -0.4 is 20.1 Å². The van der Waals surface area contributed by atoms with Crippen LogP contribution in [0.4, 0.5) is 4.79 Å². The number of ether oxygens (including phenoxy) is 3. The molecule has 2 aliphatic heterocycles. The summed E-state index contributed by atoms with van der Waals surface area (Å²) in [6, 6.07) is 12.9. The van der Waals surface area contributed by atoms with Crippen molar-refractivity contribution >= 4 is 23.7 Å². The first-order chi connectivity index (χ1) is 19.1. The van der Waals surface area contributed by atoms with E-state index in [2.05, 4.69) is 10.6 Å². The average Bonchev–Trinajstić information content (AvgIpc) is 3.53. The Kier molecular flexibility index (Phi) is 8.96. The van der Waals surface area contributed by atoms with Crippen LogP contribution in [0.5, 0.6) is 11.5 Å². The molecule has 3 atom stereocenters. The third kappa shape index (κ3) is 6.73. The number of alkyl carbamates (subject to hydrolysis) is 1. The highest BCUT2D eigenvalue weighted by Gasteiger charge is 2.44. The van der Waals surface area contributed by atoms with Crippen LogP contribution in [0.25, 0.3) is 0 Å². The van der Waals surface area contributed by atoms with E-state index < -0.39 is 35.3 Å². The lowest BCUT2D eigenvalue weighted by Crippen LogP contribution is -2.49. The molecule has 40 heavy (non-hydrogen) atoms. The fraction of sp³-hybridized carbons (Fsp3) is 0.467. The summed E-state index contributed by atoms with van der Waals surface area (Å²) < 4.78 is 16.4. The standard InChI is InChI=1S/C30H37N3O7/c1-5-6-12-22(26(34)27(35)31-19(2)20-10-8-7-9-11-20)32-29(37)40-25-16-33(17-30(25,3)4)28(36)21-13-14-23-24(15-21)39-18-38-23/h7-11,13-15,19,22,25H,5-6,12,16-18H2,1-4H3,(H,31,35)(H,32,37)/t19-,22+,25+/m1/s1. The van der Waals surface area contributed by atoms with Crippen molar-refractivity contribution in [1.29, 1.82) is 0 Å². The van der Waals surface area contributed by atoms with Gasteiger partial charge in [-0.15, -0.1) is 0 Å². The Balaban J connectivity index is 1.36. The Morgan fingerprint density at radius 2 is 1.77 bits per heavy atom. The van der Waals surface area contributed by atoms with Gasteiger partial charge in [0.1, 0.15) is 12.1 Å². The molecule has 0 spiro atoms. The molecular weight excluding hydrogens is 514 g/mol. The molecule has 2 heterocycles. The van der Waals surface area contributed by atoms with Crippen LogP contribution in [-0.4, -0.2) is 60.6 Å². The van der Waals surface area contributed by atoms with Gasteiger partial charge in [0.2, 0.25) is 12.6 Å². The zero-order chi connectivity index (χ0) is 28.9. The maximum Gasteiger partial charge on any atom is 0.408 e. The van der Waals surface area contributed by atoms with Gasteiger partial charge in [0, 0.05) is 17.5 Å². The molecule has 2 aliphatic rings. The Bertz CT molecular complexity index is 1250. The third-order valence-electron chi connectivity index (χ3n) is 7.34. The molecule has 2 aromatic carbocycles. The van der Waals surface area contributed by atoms with E-state index in [9.17, 15) is 19.2 Å². The van der Waals surface area contributed by atoms with Crippen molar-refractivity contribution in [2.45, 2.75) is 65.1 Å². The normalized spacial score (nSPS) is 18.5. The van der Waals surface area contributed by atoms with Crippen LogP contribution in [0.15, 0.2) is 48.5 Å². The lowest BCUT2D eigenvalue weighted by molar-refractivity contribution is -0.139. The predicted octanol–water partition coefficient (Wildman–Crippen LogP) is 4.00. The molecule has 0 aliphatic carbocycles. The van der Waals surface area contributed by atoms with Gasteiger partial charge in [-0.05, 0) is 37.1 Å². The van der Waals surface area contributed by atoms with Gasteiger partial charge in [-0.3, -0.25) is 14.4 Å². The molecule has 214 valence electrons. The summed E-state index contributed by atoms with van der Waals surface area (Å²) in [6.07, 6.45) is 0.327. The van der Waals surface area contributed by atoms with Crippen molar-refractivity contribution in [3.8, 4) is 11.5 Å². The number of likely N-dealkylation sites (tertiary alicyclic amines) is 1. The minimum atomic E-state index is -1.02. The van der Waals surface area contributed by atoms with E-state index in [0.29, 0.717) is 36.4 Å². The van der Waals surface area contributed by atoms with Crippen molar-refractivity contribution in [2.75, 3.05) is 19.9 Å². The van der Waals surface area contributed by atoms with E-state index in [1.54, 1.807) is 30.0 Å². The van der Waals surface area contributed by atoms with Crippen molar-refractivity contribution in [2.24, 2.45) is 5.41 Å². The molecule has 3 amide bonds. The van der Waals surface area contributed by atoms with E-state index in [0.717, 1.165) is 12.0 Å². The summed E-state index contributed by atoms with van der Waals surface area (Å²) in [5.41, 5.74) is 0.782. The van der Waals surface area contributed by atoms with E-state index in [-0.39, 0.29) is 25.3 Å². The molecule has 0 radical (unpaired) electrons. The van der Waals surface area contributed by atoms with Gasteiger partial charge in [-0.25, -0.2) is 4.79 Å². The lowest BCUT2D eigenvalue weighted by Gasteiger charge is -2.26. The maximum atomic E-state index is 13.2. The summed E-state index contributed by atoms with van der Waals surface area (Å²) in [5, 5.41) is 5.33. The second-order valence-corrected chi connectivity index (χ2v) is 10.9. The third-order valence-corrected chi connectivity index (χ3v) is 7.34. The van der Waals surface area contributed by atoms with Crippen LogP contribution in [-0.2, 0) is 14.3 Å². The van der Waals surface area contributed by atoms with Gasteiger partial charge in [-0.1, -0.05) is 63.9 Å². The Labute approximate surface area is 234 Å². The second kappa shape index (κ2) is 12.4. The predicted molar refractivity (Wildman–Crippen MR) is 147 cm³/mol. The number of ketones is 1. The van der Waals surface area contributed by atoms with Crippen LogP contribution in [0, 0.1) is 5.41 Å². The zero-order valence-electron chi connectivity index (χ0n) is 23.4. The number of nitrogens with zero attached hydrogens (tertiary/aromatic N) is 1. The number of fused-ring (bicyclic) bond motifs is 1. The highest BCUT2D eigenvalue weighted by molar-refractivity contribution is 6.38. The van der Waals surface area contributed by atoms with Crippen LogP contribution in [0.3, 0.4) is 0 Å². The monoisotopic (exact) mass is 551 g/mol. The molecule has 0 saturated carbocycles. The van der Waals surface area contributed by atoms with Gasteiger partial charge in [-0.2, -0.15) is 0 Å². The molecule has 1 saturated heterocycles. The van der Waals surface area contributed by atoms with E-state index >= 15 is 0 Å².